The predicted molar refractivity (Wildman–Crippen MR) is 37.9 cm³/mol. The fourth-order valence-corrected chi connectivity index (χ4v) is 0.405. The fraction of sp³-hybridized carbons (Fsp3) is 0.571. The second kappa shape index (κ2) is 8.33. The summed E-state index contributed by atoms with van der Waals surface area (Å²) >= 11 is 0. The van der Waals surface area contributed by atoms with Crippen LogP contribution in [0.4, 0.5) is 0 Å². The zero-order valence-corrected chi connectivity index (χ0v) is 6.08. The van der Waals surface area contributed by atoms with Gasteiger partial charge in [-0.2, -0.15) is 0 Å². The molecular weight excluding hydrogens is 132 g/mol. The highest BCUT2D eigenvalue weighted by atomic mass is 16.5. The average Bonchev–Trinajstić information content (AvgIpc) is 1.97. The van der Waals surface area contributed by atoms with Crippen LogP contribution in [-0.4, -0.2) is 33.2 Å². The first-order valence-corrected chi connectivity index (χ1v) is 3.08. The van der Waals surface area contributed by atoms with E-state index in [9.17, 15) is 4.79 Å². The molecule has 58 valence electrons. The Balaban J connectivity index is 2.90. The smallest absolute Gasteiger partial charge is 0.142 e. The van der Waals surface area contributed by atoms with Crippen molar-refractivity contribution < 1.29 is 14.3 Å². The summed E-state index contributed by atoms with van der Waals surface area (Å²) in [5.41, 5.74) is 0. The molecule has 3 heteroatoms. The van der Waals surface area contributed by atoms with Crippen molar-refractivity contribution in [1.82, 2.24) is 0 Å². The van der Waals surface area contributed by atoms with Gasteiger partial charge in [0.15, 0.2) is 0 Å². The molecule has 0 fully saturated rings. The third-order valence-electron chi connectivity index (χ3n) is 0.861. The van der Waals surface area contributed by atoms with Crippen molar-refractivity contribution in [2.45, 2.75) is 0 Å². The first-order valence-electron chi connectivity index (χ1n) is 3.08. The molecule has 0 aromatic rings. The van der Waals surface area contributed by atoms with Crippen LogP contribution in [0.2, 0.25) is 0 Å². The largest absolute Gasteiger partial charge is 0.382 e. The number of hydrogen-bond acceptors (Lipinski definition) is 3. The quantitative estimate of drug-likeness (QED) is 0.307. The van der Waals surface area contributed by atoms with Gasteiger partial charge in [-0.05, 0) is 6.08 Å². The van der Waals surface area contributed by atoms with Gasteiger partial charge in [0, 0.05) is 7.11 Å². The van der Waals surface area contributed by atoms with Crippen molar-refractivity contribution in [3.63, 3.8) is 0 Å². The lowest BCUT2D eigenvalue weighted by Crippen LogP contribution is -2.01. The van der Waals surface area contributed by atoms with Gasteiger partial charge in [0.2, 0.25) is 0 Å². The molecule has 0 aromatic heterocycles. The molecule has 3 nitrogen and oxygen atoms in total. The topological polar surface area (TPSA) is 35.5 Å². The molecule has 0 N–H and O–H groups in total. The molecule has 0 aromatic carbocycles. The first kappa shape index (κ1) is 9.33. The van der Waals surface area contributed by atoms with Gasteiger partial charge < -0.3 is 9.47 Å². The number of aldehydes is 1. The standard InChI is InChI=1S/C7H12O3/c1-9-6-7-10-5-3-2-4-8/h2-4H,5-7H2,1H3. The summed E-state index contributed by atoms with van der Waals surface area (Å²) in [6.45, 7) is 1.64. The van der Waals surface area contributed by atoms with E-state index in [1.807, 2.05) is 0 Å². The van der Waals surface area contributed by atoms with E-state index in [1.165, 1.54) is 6.08 Å². The maximum atomic E-state index is 9.73. The Hall–Kier alpha value is -0.670. The Bertz CT molecular complexity index is 99.0. The fourth-order valence-electron chi connectivity index (χ4n) is 0.405. The van der Waals surface area contributed by atoms with Crippen molar-refractivity contribution in [2.75, 3.05) is 26.9 Å². The molecule has 0 radical (unpaired) electrons. The van der Waals surface area contributed by atoms with Crippen molar-refractivity contribution >= 4 is 6.29 Å². The van der Waals surface area contributed by atoms with Crippen molar-refractivity contribution in [2.24, 2.45) is 0 Å². The van der Waals surface area contributed by atoms with E-state index < -0.39 is 0 Å². The van der Waals surface area contributed by atoms with Gasteiger partial charge in [0.1, 0.15) is 6.29 Å². The maximum Gasteiger partial charge on any atom is 0.142 e. The van der Waals surface area contributed by atoms with Gasteiger partial charge in [-0.25, -0.2) is 0 Å². The van der Waals surface area contributed by atoms with Gasteiger partial charge in [0.25, 0.3) is 0 Å². The van der Waals surface area contributed by atoms with Crippen LogP contribution in [-0.2, 0) is 14.3 Å². The summed E-state index contributed by atoms with van der Waals surface area (Å²) in [5, 5.41) is 0. The Morgan fingerprint density at radius 2 is 2.20 bits per heavy atom. The van der Waals surface area contributed by atoms with E-state index in [-0.39, 0.29) is 0 Å². The lowest BCUT2D eigenvalue weighted by Gasteiger charge is -1.97. The van der Waals surface area contributed by atoms with E-state index in [4.69, 9.17) is 9.47 Å². The summed E-state index contributed by atoms with van der Waals surface area (Å²) in [4.78, 5) is 9.73. The molecule has 0 heterocycles. The van der Waals surface area contributed by atoms with Crippen LogP contribution in [0.1, 0.15) is 0 Å². The molecule has 0 saturated carbocycles. The molecule has 0 aliphatic rings. The average molecular weight is 144 g/mol. The van der Waals surface area contributed by atoms with Crippen LogP contribution >= 0.6 is 0 Å². The highest BCUT2D eigenvalue weighted by molar-refractivity contribution is 5.64. The minimum absolute atomic E-state index is 0.474. The van der Waals surface area contributed by atoms with E-state index in [2.05, 4.69) is 0 Å². The number of ether oxygens (including phenoxy) is 2. The van der Waals surface area contributed by atoms with Crippen LogP contribution in [0.15, 0.2) is 12.2 Å². The molecule has 0 rings (SSSR count). The van der Waals surface area contributed by atoms with Gasteiger partial charge >= 0.3 is 0 Å². The molecule has 0 amide bonds. The molecular formula is C7H12O3. The highest BCUT2D eigenvalue weighted by Gasteiger charge is 1.81. The molecule has 0 aliphatic carbocycles. The lowest BCUT2D eigenvalue weighted by molar-refractivity contribution is -0.104. The zero-order chi connectivity index (χ0) is 7.66. The van der Waals surface area contributed by atoms with Gasteiger partial charge in [-0.3, -0.25) is 4.79 Å². The molecule has 0 bridgehead atoms. The Labute approximate surface area is 60.6 Å². The summed E-state index contributed by atoms with van der Waals surface area (Å²) in [6, 6.07) is 0. The first-order chi connectivity index (χ1) is 4.91. The van der Waals surface area contributed by atoms with Crippen LogP contribution in [0.25, 0.3) is 0 Å². The summed E-state index contributed by atoms with van der Waals surface area (Å²) in [5.74, 6) is 0. The maximum absolute atomic E-state index is 9.73. The number of hydrogen-bond donors (Lipinski definition) is 0. The zero-order valence-electron chi connectivity index (χ0n) is 6.08. The SMILES string of the molecule is COCCOCC=CC=O. The minimum Gasteiger partial charge on any atom is -0.382 e. The molecule has 10 heavy (non-hydrogen) atoms. The van der Waals surface area contributed by atoms with Crippen LogP contribution < -0.4 is 0 Å². The van der Waals surface area contributed by atoms with Crippen molar-refractivity contribution in [3.05, 3.63) is 12.2 Å². The third-order valence-corrected chi connectivity index (χ3v) is 0.861. The highest BCUT2D eigenvalue weighted by Crippen LogP contribution is 1.76. The monoisotopic (exact) mass is 144 g/mol. The lowest BCUT2D eigenvalue weighted by atomic mass is 10.5. The predicted octanol–water partition coefficient (Wildman–Crippen LogP) is 0.405. The number of methoxy groups -OCH3 is 1. The van der Waals surface area contributed by atoms with Crippen molar-refractivity contribution in [1.29, 1.82) is 0 Å². The minimum atomic E-state index is 0.474. The van der Waals surface area contributed by atoms with Crippen LogP contribution in [0, 0.1) is 0 Å². The van der Waals surface area contributed by atoms with Crippen LogP contribution in [0.5, 0.6) is 0 Å². The van der Waals surface area contributed by atoms with E-state index in [0.29, 0.717) is 19.8 Å². The van der Waals surface area contributed by atoms with Gasteiger partial charge in [-0.15, -0.1) is 0 Å². The van der Waals surface area contributed by atoms with E-state index >= 15 is 0 Å². The number of carbonyl (C=O) groups excluding carboxylic acids is 1. The summed E-state index contributed by atoms with van der Waals surface area (Å²) in [6.07, 6.45) is 3.79. The number of rotatable bonds is 6. The summed E-state index contributed by atoms with van der Waals surface area (Å²) in [7, 11) is 1.62. The van der Waals surface area contributed by atoms with Gasteiger partial charge in [-0.1, -0.05) is 6.08 Å². The third kappa shape index (κ3) is 7.33. The second-order valence-corrected chi connectivity index (χ2v) is 1.63. The molecule has 0 unspecified atom stereocenters. The van der Waals surface area contributed by atoms with E-state index in [0.717, 1.165) is 6.29 Å². The number of allylic oxidation sites excluding steroid dienone is 1. The Morgan fingerprint density at radius 1 is 1.40 bits per heavy atom. The molecule has 0 atom stereocenters. The number of carbonyl (C=O) groups is 1. The second-order valence-electron chi connectivity index (χ2n) is 1.63. The molecule has 0 aliphatic heterocycles. The normalized spacial score (nSPS) is 10.5. The van der Waals surface area contributed by atoms with Crippen LogP contribution in [0.3, 0.4) is 0 Å². The van der Waals surface area contributed by atoms with E-state index in [1.54, 1.807) is 13.2 Å². The Morgan fingerprint density at radius 3 is 2.80 bits per heavy atom. The molecule has 0 spiro atoms. The molecule has 0 saturated heterocycles. The summed E-state index contributed by atoms with van der Waals surface area (Å²) < 4.78 is 9.74. The van der Waals surface area contributed by atoms with Gasteiger partial charge in [0.05, 0.1) is 19.8 Å². The Kier molecular flexibility index (Phi) is 7.77. The van der Waals surface area contributed by atoms with Crippen molar-refractivity contribution in [3.8, 4) is 0 Å².